The molecule has 2 heterocycles. The zero-order valence-electron chi connectivity index (χ0n) is 8.43. The number of rotatable bonds is 2. The largest absolute Gasteiger partial charge is 0.383 e. The molecule has 1 aromatic rings. The van der Waals surface area contributed by atoms with Gasteiger partial charge in [0.15, 0.2) is 0 Å². The van der Waals surface area contributed by atoms with Gasteiger partial charge in [0.1, 0.15) is 5.82 Å². The monoisotopic (exact) mass is 241 g/mol. The molecule has 4 N–H and O–H groups in total. The molecular weight excluding hydrogens is 226 g/mol. The summed E-state index contributed by atoms with van der Waals surface area (Å²) in [6.45, 7) is 0. The molecule has 82 valence electrons. The van der Waals surface area contributed by atoms with Crippen LogP contribution in [0.15, 0.2) is 18.3 Å². The zero-order chi connectivity index (χ0) is 10.7. The third-order valence-corrected chi connectivity index (χ3v) is 5.36. The van der Waals surface area contributed by atoms with Gasteiger partial charge in [0.2, 0.25) is 0 Å². The van der Waals surface area contributed by atoms with Gasteiger partial charge < -0.3 is 11.5 Å². The van der Waals surface area contributed by atoms with Gasteiger partial charge in [0.25, 0.3) is 0 Å². The van der Waals surface area contributed by atoms with Crippen LogP contribution in [-0.4, -0.2) is 27.5 Å². The molecular formula is C10H15N3S2. The van der Waals surface area contributed by atoms with Crippen molar-refractivity contribution in [1.29, 1.82) is 0 Å². The predicted octanol–water partition coefficient (Wildman–Crippen LogP) is 1.51. The van der Waals surface area contributed by atoms with E-state index in [-0.39, 0.29) is 6.04 Å². The molecule has 1 fully saturated rings. The van der Waals surface area contributed by atoms with Crippen molar-refractivity contribution in [3.05, 3.63) is 23.9 Å². The second-order valence-electron chi connectivity index (χ2n) is 3.49. The van der Waals surface area contributed by atoms with Crippen molar-refractivity contribution >= 4 is 29.3 Å². The third kappa shape index (κ3) is 2.59. The molecule has 0 radical (unpaired) electrons. The number of nitrogens with two attached hydrogens (primary N) is 2. The van der Waals surface area contributed by atoms with Crippen LogP contribution in [0.3, 0.4) is 0 Å². The highest BCUT2D eigenvalue weighted by atomic mass is 32.2. The predicted molar refractivity (Wildman–Crippen MR) is 69.1 cm³/mol. The Morgan fingerprint density at radius 1 is 1.47 bits per heavy atom. The zero-order valence-corrected chi connectivity index (χ0v) is 10.1. The molecule has 5 heteroatoms. The molecule has 0 bridgehead atoms. The van der Waals surface area contributed by atoms with Gasteiger partial charge in [-0.15, -0.1) is 0 Å². The van der Waals surface area contributed by atoms with E-state index in [1.54, 1.807) is 6.20 Å². The van der Waals surface area contributed by atoms with Crippen LogP contribution in [0.2, 0.25) is 0 Å². The van der Waals surface area contributed by atoms with Crippen LogP contribution in [0.1, 0.15) is 11.6 Å². The quantitative estimate of drug-likeness (QED) is 0.821. The van der Waals surface area contributed by atoms with Crippen molar-refractivity contribution in [3.8, 4) is 0 Å². The van der Waals surface area contributed by atoms with E-state index >= 15 is 0 Å². The van der Waals surface area contributed by atoms with E-state index in [2.05, 4.69) is 4.98 Å². The summed E-state index contributed by atoms with van der Waals surface area (Å²) in [4.78, 5) is 4.08. The van der Waals surface area contributed by atoms with E-state index in [9.17, 15) is 0 Å². The first-order chi connectivity index (χ1) is 7.29. The van der Waals surface area contributed by atoms with Crippen LogP contribution >= 0.6 is 23.5 Å². The summed E-state index contributed by atoms with van der Waals surface area (Å²) in [6, 6.07) is 3.88. The molecule has 1 aliphatic heterocycles. The summed E-state index contributed by atoms with van der Waals surface area (Å²) >= 11 is 3.92. The van der Waals surface area contributed by atoms with Crippen molar-refractivity contribution in [2.45, 2.75) is 11.3 Å². The normalized spacial score (nSPS) is 23.7. The molecule has 0 saturated carbocycles. The molecule has 0 aliphatic carbocycles. The average Bonchev–Trinajstić information content (AvgIpc) is 2.30. The van der Waals surface area contributed by atoms with Gasteiger partial charge in [0.05, 0.1) is 0 Å². The van der Waals surface area contributed by atoms with Gasteiger partial charge in [-0.1, -0.05) is 6.07 Å². The van der Waals surface area contributed by atoms with Crippen LogP contribution in [0.4, 0.5) is 5.82 Å². The van der Waals surface area contributed by atoms with Crippen LogP contribution in [-0.2, 0) is 0 Å². The molecule has 1 aliphatic rings. The number of thioether (sulfide) groups is 2. The lowest BCUT2D eigenvalue weighted by Crippen LogP contribution is -2.29. The van der Waals surface area contributed by atoms with E-state index in [4.69, 9.17) is 11.5 Å². The maximum absolute atomic E-state index is 6.22. The van der Waals surface area contributed by atoms with Crippen molar-refractivity contribution < 1.29 is 0 Å². The summed E-state index contributed by atoms with van der Waals surface area (Å²) in [6.07, 6.45) is 1.70. The highest BCUT2D eigenvalue weighted by molar-refractivity contribution is 8.06. The fourth-order valence-electron chi connectivity index (χ4n) is 1.63. The topological polar surface area (TPSA) is 64.9 Å². The summed E-state index contributed by atoms with van der Waals surface area (Å²) in [5.74, 6) is 4.10. The van der Waals surface area contributed by atoms with Crippen molar-refractivity contribution in [2.24, 2.45) is 5.73 Å². The molecule has 2 rings (SSSR count). The Kier molecular flexibility index (Phi) is 3.77. The minimum absolute atomic E-state index is 0.0106. The molecule has 1 aromatic heterocycles. The summed E-state index contributed by atoms with van der Waals surface area (Å²) < 4.78 is 0. The minimum Gasteiger partial charge on any atom is -0.383 e. The van der Waals surface area contributed by atoms with E-state index in [1.165, 1.54) is 11.5 Å². The first-order valence-electron chi connectivity index (χ1n) is 4.94. The lowest BCUT2D eigenvalue weighted by atomic mass is 10.1. The first-order valence-corrected chi connectivity index (χ1v) is 7.14. The second kappa shape index (κ2) is 5.09. The van der Waals surface area contributed by atoms with Crippen molar-refractivity contribution in [3.63, 3.8) is 0 Å². The number of hydrogen-bond donors (Lipinski definition) is 2. The SMILES string of the molecule is Nc1ncccc1C(N)C1CSCCS1. The lowest BCUT2D eigenvalue weighted by molar-refractivity contribution is 0.719. The van der Waals surface area contributed by atoms with Crippen LogP contribution < -0.4 is 11.5 Å². The summed E-state index contributed by atoms with van der Waals surface area (Å²) in [7, 11) is 0. The molecule has 0 aromatic carbocycles. The van der Waals surface area contributed by atoms with Crippen molar-refractivity contribution in [2.75, 3.05) is 23.0 Å². The Balaban J connectivity index is 2.12. The van der Waals surface area contributed by atoms with Gasteiger partial charge in [0, 0.05) is 40.3 Å². The van der Waals surface area contributed by atoms with E-state index in [0.29, 0.717) is 11.1 Å². The third-order valence-electron chi connectivity index (χ3n) is 2.47. The highest BCUT2D eigenvalue weighted by Gasteiger charge is 2.24. The smallest absolute Gasteiger partial charge is 0.128 e. The Morgan fingerprint density at radius 2 is 2.33 bits per heavy atom. The van der Waals surface area contributed by atoms with E-state index < -0.39 is 0 Å². The summed E-state index contributed by atoms with van der Waals surface area (Å²) in [5.41, 5.74) is 13.0. The molecule has 0 amide bonds. The van der Waals surface area contributed by atoms with Gasteiger partial charge in [-0.05, 0) is 6.07 Å². The fraction of sp³-hybridized carbons (Fsp3) is 0.500. The molecule has 2 atom stereocenters. The Bertz CT molecular complexity index is 326. The van der Waals surface area contributed by atoms with Crippen LogP contribution in [0.25, 0.3) is 0 Å². The lowest BCUT2D eigenvalue weighted by Gasteiger charge is -2.27. The van der Waals surface area contributed by atoms with Crippen LogP contribution in [0, 0.1) is 0 Å². The van der Waals surface area contributed by atoms with Gasteiger partial charge in [-0.3, -0.25) is 0 Å². The molecule has 0 spiro atoms. The molecule has 3 nitrogen and oxygen atoms in total. The van der Waals surface area contributed by atoms with E-state index in [1.807, 2.05) is 35.7 Å². The number of pyridine rings is 1. The summed E-state index contributed by atoms with van der Waals surface area (Å²) in [5, 5.41) is 0.468. The number of aromatic nitrogens is 1. The molecule has 1 saturated heterocycles. The number of hydrogen-bond acceptors (Lipinski definition) is 5. The maximum atomic E-state index is 6.22. The average molecular weight is 241 g/mol. The van der Waals surface area contributed by atoms with E-state index in [0.717, 1.165) is 11.3 Å². The highest BCUT2D eigenvalue weighted by Crippen LogP contribution is 2.33. The van der Waals surface area contributed by atoms with Gasteiger partial charge in [-0.25, -0.2) is 4.98 Å². The second-order valence-corrected chi connectivity index (χ2v) is 5.98. The fourth-order valence-corrected chi connectivity index (χ4v) is 4.42. The minimum atomic E-state index is 0.0106. The standard InChI is InChI=1S/C10H15N3S2/c11-9(8-6-14-4-5-15-8)7-2-1-3-13-10(7)12/h1-3,8-9H,4-6,11H2,(H2,12,13). The van der Waals surface area contributed by atoms with Crippen LogP contribution in [0.5, 0.6) is 0 Å². The van der Waals surface area contributed by atoms with Gasteiger partial charge in [-0.2, -0.15) is 23.5 Å². The number of nitrogens with zero attached hydrogens (tertiary/aromatic N) is 1. The van der Waals surface area contributed by atoms with Crippen molar-refractivity contribution in [1.82, 2.24) is 4.98 Å². The maximum Gasteiger partial charge on any atom is 0.128 e. The molecule has 15 heavy (non-hydrogen) atoms. The number of nitrogen functional groups attached to an aromatic ring is 1. The van der Waals surface area contributed by atoms with Gasteiger partial charge >= 0.3 is 0 Å². The molecule has 2 unspecified atom stereocenters. The Hall–Kier alpha value is -0.390. The first kappa shape index (κ1) is 11.1. The Morgan fingerprint density at radius 3 is 3.00 bits per heavy atom. The Labute approximate surface area is 98.4 Å². The number of anilines is 1.